The van der Waals surface area contributed by atoms with E-state index in [2.05, 4.69) is 5.32 Å². The van der Waals surface area contributed by atoms with Gasteiger partial charge in [0.25, 0.3) is 0 Å². The Bertz CT molecular complexity index is 438. The predicted octanol–water partition coefficient (Wildman–Crippen LogP) is 2.12. The van der Waals surface area contributed by atoms with Crippen molar-refractivity contribution in [1.29, 1.82) is 5.26 Å². The zero-order valence-electron chi connectivity index (χ0n) is 8.30. The lowest BCUT2D eigenvalue weighted by Gasteiger charge is -2.10. The van der Waals surface area contributed by atoms with Gasteiger partial charge in [0.15, 0.2) is 6.07 Å². The average molecular weight is 225 g/mol. The highest BCUT2D eigenvalue weighted by atomic mass is 35.5. The summed E-state index contributed by atoms with van der Waals surface area (Å²) in [6, 6.07) is 4.70. The minimum atomic E-state index is -0.741. The summed E-state index contributed by atoms with van der Waals surface area (Å²) in [5.74, 6) is -0.316. The molecule has 0 atom stereocenters. The van der Waals surface area contributed by atoms with Gasteiger partial charge in [-0.3, -0.25) is 4.79 Å². The molecule has 1 amide bonds. The first-order valence-electron chi connectivity index (χ1n) is 4.13. The van der Waals surface area contributed by atoms with Crippen molar-refractivity contribution in [2.24, 2.45) is 0 Å². The van der Waals surface area contributed by atoms with E-state index in [4.69, 9.17) is 21.6 Å². The molecule has 0 saturated heterocycles. The van der Waals surface area contributed by atoms with Gasteiger partial charge in [0.1, 0.15) is 5.75 Å². The number of anilines is 1. The molecular weight excluding hydrogens is 216 g/mol. The number of carbonyl (C=O) groups is 1. The molecule has 0 aliphatic heterocycles. The number of nitrogens with zero attached hydrogens (tertiary/aromatic N) is 1. The van der Waals surface area contributed by atoms with Gasteiger partial charge in [-0.15, -0.1) is 0 Å². The predicted molar refractivity (Wildman–Crippen MR) is 57.0 cm³/mol. The third kappa shape index (κ3) is 2.61. The second-order valence-corrected chi connectivity index (χ2v) is 3.27. The monoisotopic (exact) mass is 224 g/mol. The number of hydrogen-bond acceptors (Lipinski definition) is 3. The Labute approximate surface area is 92.4 Å². The summed E-state index contributed by atoms with van der Waals surface area (Å²) in [5, 5.41) is 11.3. The van der Waals surface area contributed by atoms with Crippen LogP contribution in [0.5, 0.6) is 5.75 Å². The SMILES string of the molecule is COc1cc(Cl)c(C)cc1NC(=O)C#N. The molecule has 1 N–H and O–H groups in total. The van der Waals surface area contributed by atoms with Gasteiger partial charge in [-0.25, -0.2) is 0 Å². The van der Waals surface area contributed by atoms with Crippen molar-refractivity contribution >= 4 is 23.2 Å². The molecule has 0 fully saturated rings. The smallest absolute Gasteiger partial charge is 0.326 e. The molecule has 0 aromatic heterocycles. The van der Waals surface area contributed by atoms with Crippen LogP contribution in [0.15, 0.2) is 12.1 Å². The molecule has 0 radical (unpaired) electrons. The van der Waals surface area contributed by atoms with E-state index in [1.54, 1.807) is 19.1 Å². The number of amides is 1. The van der Waals surface area contributed by atoms with Crippen LogP contribution in [0.1, 0.15) is 5.56 Å². The second-order valence-electron chi connectivity index (χ2n) is 2.87. The zero-order valence-corrected chi connectivity index (χ0v) is 9.05. The van der Waals surface area contributed by atoms with Gasteiger partial charge in [0.2, 0.25) is 0 Å². The molecule has 1 aromatic rings. The van der Waals surface area contributed by atoms with Gasteiger partial charge in [0, 0.05) is 11.1 Å². The highest BCUT2D eigenvalue weighted by Gasteiger charge is 2.09. The Balaban J connectivity index is 3.11. The van der Waals surface area contributed by atoms with Crippen LogP contribution in [0.25, 0.3) is 0 Å². The quantitative estimate of drug-likeness (QED) is 0.783. The number of carbonyl (C=O) groups excluding carboxylic acids is 1. The lowest BCUT2D eigenvalue weighted by molar-refractivity contribution is -0.111. The number of benzene rings is 1. The van der Waals surface area contributed by atoms with E-state index in [0.717, 1.165) is 5.56 Å². The lowest BCUT2D eigenvalue weighted by Crippen LogP contribution is -2.09. The summed E-state index contributed by atoms with van der Waals surface area (Å²) in [7, 11) is 1.46. The second kappa shape index (κ2) is 4.67. The molecule has 0 spiro atoms. The molecule has 0 saturated carbocycles. The lowest BCUT2D eigenvalue weighted by atomic mass is 10.2. The molecule has 15 heavy (non-hydrogen) atoms. The fourth-order valence-electron chi connectivity index (χ4n) is 1.08. The van der Waals surface area contributed by atoms with Crippen LogP contribution in [0, 0.1) is 18.3 Å². The minimum absolute atomic E-state index is 0.425. The average Bonchev–Trinajstić information content (AvgIpc) is 2.22. The fourth-order valence-corrected chi connectivity index (χ4v) is 1.23. The normalized spacial score (nSPS) is 9.20. The number of ether oxygens (including phenoxy) is 1. The molecule has 0 heterocycles. The Hall–Kier alpha value is -1.73. The Morgan fingerprint density at radius 1 is 1.60 bits per heavy atom. The van der Waals surface area contributed by atoms with Crippen molar-refractivity contribution in [2.75, 3.05) is 12.4 Å². The summed E-state index contributed by atoms with van der Waals surface area (Å²) in [6.45, 7) is 1.80. The number of methoxy groups -OCH3 is 1. The zero-order chi connectivity index (χ0) is 11.4. The first-order valence-corrected chi connectivity index (χ1v) is 4.51. The maximum absolute atomic E-state index is 10.9. The van der Waals surface area contributed by atoms with E-state index in [1.807, 2.05) is 0 Å². The maximum Gasteiger partial charge on any atom is 0.326 e. The molecule has 78 valence electrons. The van der Waals surface area contributed by atoms with Crippen LogP contribution < -0.4 is 10.1 Å². The number of nitriles is 1. The Kier molecular flexibility index (Phi) is 3.53. The fraction of sp³-hybridized carbons (Fsp3) is 0.200. The summed E-state index contributed by atoms with van der Waals surface area (Å²) in [4.78, 5) is 10.9. The summed E-state index contributed by atoms with van der Waals surface area (Å²) >= 11 is 5.88. The van der Waals surface area contributed by atoms with Gasteiger partial charge in [0.05, 0.1) is 12.8 Å². The number of aryl methyl sites for hydroxylation is 1. The van der Waals surface area contributed by atoms with Crippen LogP contribution in [-0.4, -0.2) is 13.0 Å². The van der Waals surface area contributed by atoms with Crippen molar-refractivity contribution in [3.05, 3.63) is 22.7 Å². The van der Waals surface area contributed by atoms with Crippen LogP contribution in [0.2, 0.25) is 5.02 Å². The molecule has 0 bridgehead atoms. The largest absolute Gasteiger partial charge is 0.495 e. The molecule has 5 heteroatoms. The Morgan fingerprint density at radius 3 is 2.80 bits per heavy atom. The number of nitrogens with one attached hydrogen (secondary N) is 1. The molecule has 0 aliphatic rings. The van der Waals surface area contributed by atoms with E-state index in [9.17, 15) is 4.79 Å². The van der Waals surface area contributed by atoms with Gasteiger partial charge in [-0.2, -0.15) is 5.26 Å². The van der Waals surface area contributed by atoms with Gasteiger partial charge < -0.3 is 10.1 Å². The summed E-state index contributed by atoms with van der Waals surface area (Å²) in [5.41, 5.74) is 1.23. The molecule has 0 aliphatic carbocycles. The molecule has 4 nitrogen and oxygen atoms in total. The van der Waals surface area contributed by atoms with Crippen molar-refractivity contribution in [3.63, 3.8) is 0 Å². The highest BCUT2D eigenvalue weighted by Crippen LogP contribution is 2.30. The van der Waals surface area contributed by atoms with E-state index < -0.39 is 5.91 Å². The Morgan fingerprint density at radius 2 is 2.27 bits per heavy atom. The van der Waals surface area contributed by atoms with E-state index in [0.29, 0.717) is 16.5 Å². The first-order chi connectivity index (χ1) is 7.08. The standard InChI is InChI=1S/C10H9ClN2O2/c1-6-3-8(13-10(14)5-12)9(15-2)4-7(6)11/h3-4H,1-2H3,(H,13,14). The highest BCUT2D eigenvalue weighted by molar-refractivity contribution is 6.31. The minimum Gasteiger partial charge on any atom is -0.495 e. The van der Waals surface area contributed by atoms with E-state index in [1.165, 1.54) is 13.2 Å². The number of hydrogen-bond donors (Lipinski definition) is 1. The first kappa shape index (κ1) is 11.3. The van der Waals surface area contributed by atoms with Crippen molar-refractivity contribution in [1.82, 2.24) is 0 Å². The molecule has 1 rings (SSSR count). The molecule has 1 aromatic carbocycles. The maximum atomic E-state index is 10.9. The van der Waals surface area contributed by atoms with E-state index in [-0.39, 0.29) is 0 Å². The third-order valence-electron chi connectivity index (χ3n) is 1.83. The number of halogens is 1. The van der Waals surface area contributed by atoms with Gasteiger partial charge in [-0.05, 0) is 18.6 Å². The summed E-state index contributed by atoms with van der Waals surface area (Å²) < 4.78 is 5.02. The third-order valence-corrected chi connectivity index (χ3v) is 2.24. The number of rotatable bonds is 2. The molecule has 0 unspecified atom stereocenters. The van der Waals surface area contributed by atoms with Gasteiger partial charge >= 0.3 is 5.91 Å². The van der Waals surface area contributed by atoms with Crippen LogP contribution in [-0.2, 0) is 4.79 Å². The van der Waals surface area contributed by atoms with Crippen LogP contribution in [0.4, 0.5) is 5.69 Å². The van der Waals surface area contributed by atoms with Crippen molar-refractivity contribution < 1.29 is 9.53 Å². The van der Waals surface area contributed by atoms with Gasteiger partial charge in [-0.1, -0.05) is 11.6 Å². The molecular formula is C10H9ClN2O2. The topological polar surface area (TPSA) is 62.1 Å². The van der Waals surface area contributed by atoms with Crippen LogP contribution in [0.3, 0.4) is 0 Å². The summed E-state index contributed by atoms with van der Waals surface area (Å²) in [6.07, 6.45) is 0. The van der Waals surface area contributed by atoms with E-state index >= 15 is 0 Å². The van der Waals surface area contributed by atoms with Crippen molar-refractivity contribution in [3.8, 4) is 11.8 Å². The van der Waals surface area contributed by atoms with Crippen LogP contribution >= 0.6 is 11.6 Å². The van der Waals surface area contributed by atoms with Crippen molar-refractivity contribution in [2.45, 2.75) is 6.92 Å².